The largest absolute Gasteiger partial charge is 0.497 e. The van der Waals surface area contributed by atoms with Crippen LogP contribution in [0, 0.1) is 6.92 Å². The Kier molecular flexibility index (Phi) is 6.46. The minimum atomic E-state index is -0.552. The summed E-state index contributed by atoms with van der Waals surface area (Å²) < 4.78 is 16.2. The molecule has 0 radical (unpaired) electrons. The fourth-order valence-electron chi connectivity index (χ4n) is 4.99. The van der Waals surface area contributed by atoms with Gasteiger partial charge in [-0.1, -0.05) is 25.0 Å². The van der Waals surface area contributed by atoms with Gasteiger partial charge in [0.2, 0.25) is 0 Å². The van der Waals surface area contributed by atoms with E-state index in [1.54, 1.807) is 7.11 Å². The number of hydrogen-bond donors (Lipinski definition) is 1. The van der Waals surface area contributed by atoms with Crippen LogP contribution < -0.4 is 15.7 Å². The Morgan fingerprint density at radius 1 is 1.16 bits per heavy atom. The first-order valence-corrected chi connectivity index (χ1v) is 11.2. The minimum Gasteiger partial charge on any atom is -0.497 e. The number of carbonyl (C=O) groups is 1. The van der Waals surface area contributed by atoms with Crippen molar-refractivity contribution in [1.82, 2.24) is 5.32 Å². The second kappa shape index (κ2) is 9.27. The highest BCUT2D eigenvalue weighted by Gasteiger charge is 2.36. The van der Waals surface area contributed by atoms with Crippen LogP contribution in [0.2, 0.25) is 0 Å². The highest BCUT2D eigenvalue weighted by Crippen LogP contribution is 2.41. The molecule has 2 fully saturated rings. The molecule has 0 bridgehead atoms. The smallest absolute Gasteiger partial charge is 0.349 e. The summed E-state index contributed by atoms with van der Waals surface area (Å²) in [5.41, 5.74) is 1.31. The summed E-state index contributed by atoms with van der Waals surface area (Å²) in [4.78, 5) is 25.7. The van der Waals surface area contributed by atoms with Gasteiger partial charge >= 0.3 is 5.63 Å². The molecule has 6 nitrogen and oxygen atoms in total. The monoisotopic (exact) mass is 425 g/mol. The molecule has 2 heterocycles. The van der Waals surface area contributed by atoms with Gasteiger partial charge in [-0.2, -0.15) is 0 Å². The zero-order valence-corrected chi connectivity index (χ0v) is 18.4. The SMILES string of the molecule is COc1ccc(C2(CNC(=O)c3c(C)cc(C4CCOCC4)oc3=O)CCCC2)cc1. The zero-order valence-electron chi connectivity index (χ0n) is 18.4. The lowest BCUT2D eigenvalue weighted by atomic mass is 9.78. The summed E-state index contributed by atoms with van der Waals surface area (Å²) >= 11 is 0. The van der Waals surface area contributed by atoms with Crippen LogP contribution in [0.4, 0.5) is 0 Å². The maximum Gasteiger partial charge on any atom is 0.349 e. The first-order valence-electron chi connectivity index (χ1n) is 11.2. The topological polar surface area (TPSA) is 77.8 Å². The molecule has 0 atom stereocenters. The van der Waals surface area contributed by atoms with Gasteiger partial charge < -0.3 is 19.2 Å². The van der Waals surface area contributed by atoms with Crippen LogP contribution in [0.25, 0.3) is 0 Å². The van der Waals surface area contributed by atoms with Crippen molar-refractivity contribution in [2.45, 2.75) is 56.8 Å². The molecular formula is C25H31NO5. The van der Waals surface area contributed by atoms with E-state index in [1.807, 2.05) is 25.1 Å². The minimum absolute atomic E-state index is 0.110. The van der Waals surface area contributed by atoms with E-state index in [-0.39, 0.29) is 22.8 Å². The fraction of sp³-hybridized carbons (Fsp3) is 0.520. The number of methoxy groups -OCH3 is 1. The normalized spacial score (nSPS) is 18.6. The third kappa shape index (κ3) is 4.54. The van der Waals surface area contributed by atoms with Crippen LogP contribution in [-0.2, 0) is 10.2 Å². The van der Waals surface area contributed by atoms with Crippen molar-refractivity contribution in [1.29, 1.82) is 0 Å². The van der Waals surface area contributed by atoms with Crippen LogP contribution in [0.1, 0.15) is 71.7 Å². The lowest BCUT2D eigenvalue weighted by molar-refractivity contribution is 0.0795. The van der Waals surface area contributed by atoms with E-state index < -0.39 is 5.63 Å². The summed E-state index contributed by atoms with van der Waals surface area (Å²) in [5.74, 6) is 1.30. The van der Waals surface area contributed by atoms with E-state index in [0.29, 0.717) is 31.1 Å². The van der Waals surface area contributed by atoms with Gasteiger partial charge in [-0.15, -0.1) is 0 Å². The molecule has 0 spiro atoms. The van der Waals surface area contributed by atoms with Crippen molar-refractivity contribution in [3.8, 4) is 5.75 Å². The molecule has 0 unspecified atom stereocenters. The van der Waals surface area contributed by atoms with Crippen LogP contribution >= 0.6 is 0 Å². The Balaban J connectivity index is 1.51. The molecule has 1 aliphatic carbocycles. The maximum absolute atomic E-state index is 13.0. The third-order valence-electron chi connectivity index (χ3n) is 6.87. The molecule has 1 aliphatic heterocycles. The molecule has 2 aromatic rings. The summed E-state index contributed by atoms with van der Waals surface area (Å²) in [7, 11) is 1.65. The standard InChI is InChI=1S/C25H31NO5/c1-17-15-21(18-9-13-30-14-10-18)31-24(28)22(17)23(27)26-16-25(11-3-4-12-25)19-5-7-20(29-2)8-6-19/h5-8,15,18H,3-4,9-14,16H2,1-2H3,(H,26,27). The van der Waals surface area contributed by atoms with Gasteiger partial charge in [0.15, 0.2) is 0 Å². The lowest BCUT2D eigenvalue weighted by Crippen LogP contribution is -2.40. The van der Waals surface area contributed by atoms with E-state index in [4.69, 9.17) is 13.9 Å². The molecule has 31 heavy (non-hydrogen) atoms. The van der Waals surface area contributed by atoms with Gasteiger partial charge in [0, 0.05) is 31.1 Å². The molecule has 1 amide bonds. The molecular weight excluding hydrogens is 394 g/mol. The number of benzene rings is 1. The molecule has 1 saturated heterocycles. The zero-order chi connectivity index (χ0) is 21.8. The van der Waals surface area contributed by atoms with E-state index in [9.17, 15) is 9.59 Å². The molecule has 1 aromatic heterocycles. The van der Waals surface area contributed by atoms with Crippen molar-refractivity contribution in [2.24, 2.45) is 0 Å². The van der Waals surface area contributed by atoms with Gasteiger partial charge in [-0.25, -0.2) is 4.79 Å². The number of amides is 1. The van der Waals surface area contributed by atoms with Crippen LogP contribution in [-0.4, -0.2) is 32.8 Å². The Morgan fingerprint density at radius 2 is 1.84 bits per heavy atom. The highest BCUT2D eigenvalue weighted by molar-refractivity contribution is 5.95. The molecule has 1 N–H and O–H groups in total. The van der Waals surface area contributed by atoms with Crippen LogP contribution in [0.5, 0.6) is 5.75 Å². The molecule has 6 heteroatoms. The summed E-state index contributed by atoms with van der Waals surface area (Å²) in [6, 6.07) is 9.94. The number of aryl methyl sites for hydroxylation is 1. The summed E-state index contributed by atoms with van der Waals surface area (Å²) in [5, 5.41) is 3.04. The van der Waals surface area contributed by atoms with Gasteiger partial charge in [0.1, 0.15) is 17.1 Å². The Labute approximate surface area is 182 Å². The molecule has 4 rings (SSSR count). The average Bonchev–Trinajstić information content (AvgIpc) is 3.28. The van der Waals surface area contributed by atoms with E-state index in [0.717, 1.165) is 44.3 Å². The predicted octanol–water partition coefficient (Wildman–Crippen LogP) is 4.09. The number of nitrogens with one attached hydrogen (secondary N) is 1. The van der Waals surface area contributed by atoms with E-state index in [2.05, 4.69) is 17.4 Å². The first-order chi connectivity index (χ1) is 15.0. The Morgan fingerprint density at radius 3 is 2.45 bits per heavy atom. The van der Waals surface area contributed by atoms with Crippen molar-refractivity contribution < 1.29 is 18.7 Å². The molecule has 1 aromatic carbocycles. The quantitative estimate of drug-likeness (QED) is 0.754. The number of rotatable bonds is 6. The number of hydrogen-bond acceptors (Lipinski definition) is 5. The number of carbonyl (C=O) groups excluding carboxylic acids is 1. The first kappa shape index (κ1) is 21.6. The third-order valence-corrected chi connectivity index (χ3v) is 6.87. The Bertz CT molecular complexity index is 966. The fourth-order valence-corrected chi connectivity index (χ4v) is 4.99. The average molecular weight is 426 g/mol. The van der Waals surface area contributed by atoms with E-state index in [1.165, 1.54) is 5.56 Å². The molecule has 166 valence electrons. The van der Waals surface area contributed by atoms with Crippen molar-refractivity contribution in [3.63, 3.8) is 0 Å². The van der Waals surface area contributed by atoms with Crippen molar-refractivity contribution in [3.05, 3.63) is 63.2 Å². The summed E-state index contributed by atoms with van der Waals surface area (Å²) in [6.07, 6.45) is 5.94. The van der Waals surface area contributed by atoms with Gasteiger partial charge in [-0.3, -0.25) is 4.79 Å². The van der Waals surface area contributed by atoms with Crippen molar-refractivity contribution >= 4 is 5.91 Å². The second-order valence-electron chi connectivity index (χ2n) is 8.78. The van der Waals surface area contributed by atoms with Gasteiger partial charge in [0.05, 0.1) is 7.11 Å². The predicted molar refractivity (Wildman–Crippen MR) is 118 cm³/mol. The Hall–Kier alpha value is -2.60. The molecule has 2 aliphatic rings. The second-order valence-corrected chi connectivity index (χ2v) is 8.78. The van der Waals surface area contributed by atoms with Crippen LogP contribution in [0.15, 0.2) is 39.5 Å². The summed E-state index contributed by atoms with van der Waals surface area (Å²) in [6.45, 7) is 3.65. The van der Waals surface area contributed by atoms with Crippen molar-refractivity contribution in [2.75, 3.05) is 26.9 Å². The highest BCUT2D eigenvalue weighted by atomic mass is 16.5. The van der Waals surface area contributed by atoms with Gasteiger partial charge in [-0.05, 0) is 61.9 Å². The van der Waals surface area contributed by atoms with E-state index >= 15 is 0 Å². The number of ether oxygens (including phenoxy) is 2. The lowest BCUT2D eigenvalue weighted by Gasteiger charge is -2.30. The molecule has 1 saturated carbocycles. The van der Waals surface area contributed by atoms with Gasteiger partial charge in [0.25, 0.3) is 5.91 Å². The van der Waals surface area contributed by atoms with Crippen LogP contribution in [0.3, 0.4) is 0 Å². The maximum atomic E-state index is 13.0.